The lowest BCUT2D eigenvalue weighted by Crippen LogP contribution is -2.12. The quantitative estimate of drug-likeness (QED) is 0.223. The van der Waals surface area contributed by atoms with Crippen molar-refractivity contribution in [2.75, 3.05) is 19.0 Å². The molecule has 3 aromatic rings. The number of aryl methyl sites for hydroxylation is 1. The number of esters is 1. The normalized spacial score (nSPS) is 10.6. The molecule has 6 heteroatoms. The number of benzene rings is 3. The van der Waals surface area contributed by atoms with E-state index in [1.165, 1.54) is 11.1 Å². The van der Waals surface area contributed by atoms with Crippen molar-refractivity contribution in [3.05, 3.63) is 83.4 Å². The van der Waals surface area contributed by atoms with Gasteiger partial charge in [-0.15, -0.1) is 0 Å². The summed E-state index contributed by atoms with van der Waals surface area (Å²) in [6.07, 6.45) is 0.787. The Bertz CT molecular complexity index is 1100. The number of carbonyl (C=O) groups excluding carboxylic acids is 2. The van der Waals surface area contributed by atoms with Crippen LogP contribution in [0.15, 0.2) is 66.7 Å². The lowest BCUT2D eigenvalue weighted by molar-refractivity contribution is -0.134. The molecule has 0 bridgehead atoms. The van der Waals surface area contributed by atoms with E-state index >= 15 is 0 Å². The third-order valence-electron chi connectivity index (χ3n) is 5.35. The largest absolute Gasteiger partial charge is 0.497 e. The fourth-order valence-electron chi connectivity index (χ4n) is 3.53. The van der Waals surface area contributed by atoms with Crippen LogP contribution in [0, 0.1) is 6.92 Å². The van der Waals surface area contributed by atoms with Crippen LogP contribution in [0.5, 0.6) is 17.2 Å². The number of anilines is 1. The van der Waals surface area contributed by atoms with Gasteiger partial charge in [0, 0.05) is 17.7 Å². The van der Waals surface area contributed by atoms with Gasteiger partial charge in [-0.25, -0.2) is 0 Å². The summed E-state index contributed by atoms with van der Waals surface area (Å²) >= 11 is 0. The van der Waals surface area contributed by atoms with Gasteiger partial charge in [0.1, 0.15) is 17.2 Å². The Balaban J connectivity index is 1.41. The minimum absolute atomic E-state index is 0.239. The molecule has 0 aromatic heterocycles. The van der Waals surface area contributed by atoms with Crippen molar-refractivity contribution in [1.82, 2.24) is 0 Å². The third-order valence-corrected chi connectivity index (χ3v) is 5.35. The van der Waals surface area contributed by atoms with Crippen molar-refractivity contribution in [2.24, 2.45) is 0 Å². The van der Waals surface area contributed by atoms with Crippen LogP contribution in [-0.2, 0) is 4.79 Å². The van der Waals surface area contributed by atoms with Crippen LogP contribution in [0.1, 0.15) is 54.1 Å². The molecule has 0 heterocycles. The Kier molecular flexibility index (Phi) is 8.68. The number of amides is 1. The molecule has 0 radical (unpaired) electrons. The maximum Gasteiger partial charge on any atom is 0.311 e. The lowest BCUT2D eigenvalue weighted by Gasteiger charge is -2.12. The number of nitrogens with one attached hydrogen (secondary N) is 1. The first-order chi connectivity index (χ1) is 16.4. The van der Waals surface area contributed by atoms with E-state index in [-0.39, 0.29) is 18.3 Å². The van der Waals surface area contributed by atoms with Crippen LogP contribution in [-0.4, -0.2) is 25.6 Å². The molecule has 3 rings (SSSR count). The molecule has 0 fully saturated rings. The first-order valence-electron chi connectivity index (χ1n) is 11.3. The Morgan fingerprint density at radius 2 is 1.53 bits per heavy atom. The summed E-state index contributed by atoms with van der Waals surface area (Å²) in [5, 5.41) is 2.81. The smallest absolute Gasteiger partial charge is 0.311 e. The van der Waals surface area contributed by atoms with Crippen molar-refractivity contribution in [3.8, 4) is 17.2 Å². The van der Waals surface area contributed by atoms with Gasteiger partial charge in [0.15, 0.2) is 0 Å². The molecule has 1 amide bonds. The van der Waals surface area contributed by atoms with Crippen LogP contribution in [0.4, 0.5) is 5.69 Å². The van der Waals surface area contributed by atoms with Crippen LogP contribution in [0.3, 0.4) is 0 Å². The fourth-order valence-corrected chi connectivity index (χ4v) is 3.53. The highest BCUT2D eigenvalue weighted by Gasteiger charge is 2.10. The molecule has 0 saturated carbocycles. The maximum atomic E-state index is 12.4. The van der Waals surface area contributed by atoms with E-state index in [1.807, 2.05) is 12.1 Å². The van der Waals surface area contributed by atoms with Gasteiger partial charge < -0.3 is 19.5 Å². The monoisotopic (exact) mass is 461 g/mol. The number of hydrogen-bond donors (Lipinski definition) is 1. The molecular weight excluding hydrogens is 430 g/mol. The molecule has 0 aliphatic rings. The van der Waals surface area contributed by atoms with Crippen molar-refractivity contribution in [3.63, 3.8) is 0 Å². The Morgan fingerprint density at radius 1 is 0.882 bits per heavy atom. The molecule has 1 N–H and O–H groups in total. The predicted octanol–water partition coefficient (Wildman–Crippen LogP) is 6.14. The number of ether oxygens (including phenoxy) is 3. The summed E-state index contributed by atoms with van der Waals surface area (Å²) in [6.45, 7) is 6.84. The van der Waals surface area contributed by atoms with Gasteiger partial charge in [0.05, 0.1) is 13.7 Å². The van der Waals surface area contributed by atoms with Crippen molar-refractivity contribution in [1.29, 1.82) is 0 Å². The zero-order valence-electron chi connectivity index (χ0n) is 20.1. The van der Waals surface area contributed by atoms with Crippen molar-refractivity contribution < 1.29 is 23.8 Å². The van der Waals surface area contributed by atoms with Crippen LogP contribution >= 0.6 is 0 Å². The van der Waals surface area contributed by atoms with Crippen LogP contribution < -0.4 is 19.5 Å². The second-order valence-electron chi connectivity index (χ2n) is 8.31. The van der Waals surface area contributed by atoms with E-state index in [4.69, 9.17) is 14.2 Å². The highest BCUT2D eigenvalue weighted by molar-refractivity contribution is 6.04. The van der Waals surface area contributed by atoms with Gasteiger partial charge in [-0.1, -0.05) is 19.9 Å². The summed E-state index contributed by atoms with van der Waals surface area (Å²) in [6, 6.07) is 19.6. The molecule has 0 atom stereocenters. The van der Waals surface area contributed by atoms with Gasteiger partial charge >= 0.3 is 5.97 Å². The van der Waals surface area contributed by atoms with E-state index < -0.39 is 0 Å². The van der Waals surface area contributed by atoms with E-state index in [1.54, 1.807) is 55.6 Å². The predicted molar refractivity (Wildman–Crippen MR) is 133 cm³/mol. The minimum Gasteiger partial charge on any atom is -0.497 e. The number of carbonyl (C=O) groups is 2. The number of rotatable bonds is 10. The van der Waals surface area contributed by atoms with E-state index in [2.05, 4.69) is 32.2 Å². The van der Waals surface area contributed by atoms with Gasteiger partial charge in [0.2, 0.25) is 0 Å². The number of methoxy groups -OCH3 is 1. The van der Waals surface area contributed by atoms with Crippen LogP contribution in [0.2, 0.25) is 0 Å². The molecule has 0 saturated heterocycles. The summed E-state index contributed by atoms with van der Waals surface area (Å²) in [7, 11) is 1.59. The molecule has 0 aliphatic carbocycles. The zero-order valence-corrected chi connectivity index (χ0v) is 20.1. The minimum atomic E-state index is -0.342. The van der Waals surface area contributed by atoms with E-state index in [9.17, 15) is 9.59 Å². The standard InChI is InChI=1S/C28H31NO5/c1-19(2)26-16-15-25(18-20(26)3)33-17-5-6-27(30)34-24-11-7-21(8-12-24)28(31)29-22-9-13-23(32-4)14-10-22/h7-16,18-19H,5-6,17H2,1-4H3,(H,29,31). The molecule has 178 valence electrons. The Hall–Kier alpha value is -3.80. The summed E-state index contributed by atoms with van der Waals surface area (Å²) in [5.41, 5.74) is 3.63. The summed E-state index contributed by atoms with van der Waals surface area (Å²) in [4.78, 5) is 24.5. The molecular formula is C28H31NO5. The van der Waals surface area contributed by atoms with Crippen molar-refractivity contribution >= 4 is 17.6 Å². The molecule has 6 nitrogen and oxygen atoms in total. The average Bonchev–Trinajstić information content (AvgIpc) is 2.82. The average molecular weight is 462 g/mol. The topological polar surface area (TPSA) is 73.9 Å². The Morgan fingerprint density at radius 3 is 2.15 bits per heavy atom. The third kappa shape index (κ3) is 7.10. The number of hydrogen-bond acceptors (Lipinski definition) is 5. The molecule has 34 heavy (non-hydrogen) atoms. The SMILES string of the molecule is COc1ccc(NC(=O)c2ccc(OC(=O)CCCOc3ccc(C(C)C)c(C)c3)cc2)cc1. The van der Waals surface area contributed by atoms with Gasteiger partial charge in [0.25, 0.3) is 5.91 Å². The zero-order chi connectivity index (χ0) is 24.5. The van der Waals surface area contributed by atoms with Crippen molar-refractivity contribution in [2.45, 2.75) is 39.5 Å². The second-order valence-corrected chi connectivity index (χ2v) is 8.31. The van der Waals surface area contributed by atoms with Gasteiger partial charge in [-0.2, -0.15) is 0 Å². The highest BCUT2D eigenvalue weighted by atomic mass is 16.5. The second kappa shape index (κ2) is 11.9. The molecule has 0 unspecified atom stereocenters. The maximum absolute atomic E-state index is 12.4. The molecule has 3 aromatic carbocycles. The fraction of sp³-hybridized carbons (Fsp3) is 0.286. The van der Waals surface area contributed by atoms with E-state index in [0.717, 1.165) is 5.75 Å². The summed E-state index contributed by atoms with van der Waals surface area (Å²) in [5.74, 6) is 1.79. The lowest BCUT2D eigenvalue weighted by atomic mass is 9.98. The van der Waals surface area contributed by atoms with Crippen LogP contribution in [0.25, 0.3) is 0 Å². The highest BCUT2D eigenvalue weighted by Crippen LogP contribution is 2.24. The first-order valence-corrected chi connectivity index (χ1v) is 11.3. The molecule has 0 spiro atoms. The van der Waals surface area contributed by atoms with Gasteiger partial charge in [-0.05, 0) is 91.1 Å². The Labute approximate surface area is 200 Å². The van der Waals surface area contributed by atoms with E-state index in [0.29, 0.717) is 41.7 Å². The first kappa shape index (κ1) is 24.8. The van der Waals surface area contributed by atoms with Gasteiger partial charge in [-0.3, -0.25) is 9.59 Å². The molecule has 0 aliphatic heterocycles. The summed E-state index contributed by atoms with van der Waals surface area (Å²) < 4.78 is 16.2.